The van der Waals surface area contributed by atoms with E-state index in [9.17, 15) is 0 Å². The third-order valence-electron chi connectivity index (χ3n) is 3.07. The van der Waals surface area contributed by atoms with Gasteiger partial charge in [-0.05, 0) is 24.8 Å². The Labute approximate surface area is 80.2 Å². The third-order valence-corrected chi connectivity index (χ3v) is 3.07. The fourth-order valence-corrected chi connectivity index (χ4v) is 1.88. The highest BCUT2D eigenvalue weighted by Crippen LogP contribution is 2.36. The Kier molecular flexibility index (Phi) is 3.19. The Morgan fingerprint density at radius 3 is 2.92 bits per heavy atom. The molecule has 2 fully saturated rings. The van der Waals surface area contributed by atoms with Crippen molar-refractivity contribution in [2.75, 3.05) is 32.8 Å². The molecule has 2 rings (SSSR count). The summed E-state index contributed by atoms with van der Waals surface area (Å²) in [4.78, 5) is 0. The van der Waals surface area contributed by atoms with Crippen LogP contribution < -0.4 is 10.6 Å². The van der Waals surface area contributed by atoms with Gasteiger partial charge in [-0.15, -0.1) is 0 Å². The van der Waals surface area contributed by atoms with Crippen LogP contribution in [0.2, 0.25) is 0 Å². The lowest BCUT2D eigenvalue weighted by atomic mass is 10.2. The second-order valence-corrected chi connectivity index (χ2v) is 4.36. The highest BCUT2D eigenvalue weighted by atomic mass is 16.5. The van der Waals surface area contributed by atoms with Crippen molar-refractivity contribution in [3.8, 4) is 0 Å². The van der Waals surface area contributed by atoms with Gasteiger partial charge in [0.05, 0.1) is 13.2 Å². The van der Waals surface area contributed by atoms with Gasteiger partial charge in [-0.2, -0.15) is 0 Å². The van der Waals surface area contributed by atoms with Crippen molar-refractivity contribution < 1.29 is 4.74 Å². The molecule has 0 amide bonds. The minimum absolute atomic E-state index is 0.530. The molecule has 0 aromatic rings. The zero-order valence-electron chi connectivity index (χ0n) is 8.38. The van der Waals surface area contributed by atoms with E-state index in [1.54, 1.807) is 0 Å². The van der Waals surface area contributed by atoms with Crippen LogP contribution in [0, 0.1) is 11.8 Å². The summed E-state index contributed by atoms with van der Waals surface area (Å²) in [5.41, 5.74) is 0. The topological polar surface area (TPSA) is 33.3 Å². The van der Waals surface area contributed by atoms with Gasteiger partial charge in [0.2, 0.25) is 0 Å². The lowest BCUT2D eigenvalue weighted by Crippen LogP contribution is -2.47. The summed E-state index contributed by atoms with van der Waals surface area (Å²) in [6, 6.07) is 0.530. The van der Waals surface area contributed by atoms with Gasteiger partial charge in [-0.1, -0.05) is 6.92 Å². The second kappa shape index (κ2) is 4.40. The summed E-state index contributed by atoms with van der Waals surface area (Å²) < 4.78 is 5.37. The first-order valence-electron chi connectivity index (χ1n) is 5.38. The molecule has 0 spiro atoms. The molecule has 0 aromatic carbocycles. The van der Waals surface area contributed by atoms with Crippen molar-refractivity contribution in [3.05, 3.63) is 0 Å². The minimum atomic E-state index is 0.530. The van der Waals surface area contributed by atoms with Crippen LogP contribution in [-0.2, 0) is 4.74 Å². The lowest BCUT2D eigenvalue weighted by Gasteiger charge is -2.24. The normalized spacial score (nSPS) is 39.0. The highest BCUT2D eigenvalue weighted by Gasteiger charge is 2.31. The zero-order valence-corrected chi connectivity index (χ0v) is 8.38. The van der Waals surface area contributed by atoms with E-state index in [0.29, 0.717) is 6.04 Å². The Bertz CT molecular complexity index is 157. The fraction of sp³-hybridized carbons (Fsp3) is 1.00. The number of hydrogen-bond acceptors (Lipinski definition) is 3. The molecule has 1 aliphatic carbocycles. The van der Waals surface area contributed by atoms with Gasteiger partial charge >= 0.3 is 0 Å². The SMILES string of the molecule is CC1CC1CNCC1COCCN1. The predicted molar refractivity (Wildman–Crippen MR) is 52.8 cm³/mol. The molecular weight excluding hydrogens is 164 g/mol. The molecule has 0 radical (unpaired) electrons. The first-order chi connectivity index (χ1) is 6.36. The van der Waals surface area contributed by atoms with Crippen LogP contribution in [0.25, 0.3) is 0 Å². The van der Waals surface area contributed by atoms with Crippen LogP contribution in [0.15, 0.2) is 0 Å². The van der Waals surface area contributed by atoms with Gasteiger partial charge in [0.15, 0.2) is 0 Å². The quantitative estimate of drug-likeness (QED) is 0.656. The van der Waals surface area contributed by atoms with E-state index >= 15 is 0 Å². The molecule has 76 valence electrons. The third kappa shape index (κ3) is 2.93. The van der Waals surface area contributed by atoms with Crippen molar-refractivity contribution >= 4 is 0 Å². The van der Waals surface area contributed by atoms with E-state index in [-0.39, 0.29) is 0 Å². The maximum absolute atomic E-state index is 5.37. The van der Waals surface area contributed by atoms with Crippen molar-refractivity contribution in [1.29, 1.82) is 0 Å². The van der Waals surface area contributed by atoms with E-state index in [1.165, 1.54) is 13.0 Å². The molecule has 3 atom stereocenters. The van der Waals surface area contributed by atoms with Crippen LogP contribution in [0.4, 0.5) is 0 Å². The molecule has 13 heavy (non-hydrogen) atoms. The Morgan fingerprint density at radius 2 is 2.31 bits per heavy atom. The summed E-state index contributed by atoms with van der Waals surface area (Å²) in [6.07, 6.45) is 1.42. The lowest BCUT2D eigenvalue weighted by molar-refractivity contribution is 0.0767. The van der Waals surface area contributed by atoms with Crippen molar-refractivity contribution in [1.82, 2.24) is 10.6 Å². The van der Waals surface area contributed by atoms with Gasteiger partial charge in [0.25, 0.3) is 0 Å². The molecule has 0 aromatic heterocycles. The molecule has 1 heterocycles. The predicted octanol–water partition coefficient (Wildman–Crippen LogP) is 0.220. The molecular formula is C10H20N2O. The Balaban J connectivity index is 1.51. The van der Waals surface area contributed by atoms with Gasteiger partial charge in [0.1, 0.15) is 0 Å². The smallest absolute Gasteiger partial charge is 0.0632 e. The van der Waals surface area contributed by atoms with Gasteiger partial charge in [-0.25, -0.2) is 0 Å². The van der Waals surface area contributed by atoms with Gasteiger partial charge < -0.3 is 15.4 Å². The van der Waals surface area contributed by atoms with Crippen molar-refractivity contribution in [3.63, 3.8) is 0 Å². The maximum Gasteiger partial charge on any atom is 0.0632 e. The molecule has 3 unspecified atom stereocenters. The molecule has 1 saturated heterocycles. The first-order valence-corrected chi connectivity index (χ1v) is 5.38. The van der Waals surface area contributed by atoms with Crippen LogP contribution in [0.3, 0.4) is 0 Å². The molecule has 2 N–H and O–H groups in total. The standard InChI is InChI=1S/C10H20N2O/c1-8-4-9(8)5-11-6-10-7-13-3-2-12-10/h8-12H,2-7H2,1H3. The minimum Gasteiger partial charge on any atom is -0.378 e. The number of morpholine rings is 1. The molecule has 3 nitrogen and oxygen atoms in total. The van der Waals surface area contributed by atoms with E-state index in [0.717, 1.165) is 38.1 Å². The van der Waals surface area contributed by atoms with Gasteiger partial charge in [-0.3, -0.25) is 0 Å². The second-order valence-electron chi connectivity index (χ2n) is 4.36. The summed E-state index contributed by atoms with van der Waals surface area (Å²) in [6.45, 7) is 7.33. The van der Waals surface area contributed by atoms with E-state index in [2.05, 4.69) is 17.6 Å². The summed E-state index contributed by atoms with van der Waals surface area (Å²) >= 11 is 0. The Morgan fingerprint density at radius 1 is 1.46 bits per heavy atom. The number of rotatable bonds is 4. The average molecular weight is 184 g/mol. The van der Waals surface area contributed by atoms with Crippen LogP contribution >= 0.6 is 0 Å². The number of ether oxygens (including phenoxy) is 1. The molecule has 2 aliphatic rings. The number of nitrogens with one attached hydrogen (secondary N) is 2. The van der Waals surface area contributed by atoms with Gasteiger partial charge in [0, 0.05) is 19.1 Å². The Hall–Kier alpha value is -0.120. The first kappa shape index (κ1) is 9.44. The molecule has 1 aliphatic heterocycles. The van der Waals surface area contributed by atoms with E-state index in [1.807, 2.05) is 0 Å². The summed E-state index contributed by atoms with van der Waals surface area (Å²) in [5.74, 6) is 1.91. The molecule has 3 heteroatoms. The largest absolute Gasteiger partial charge is 0.378 e. The van der Waals surface area contributed by atoms with Crippen LogP contribution in [0.5, 0.6) is 0 Å². The van der Waals surface area contributed by atoms with E-state index in [4.69, 9.17) is 4.74 Å². The van der Waals surface area contributed by atoms with Crippen LogP contribution in [-0.4, -0.2) is 38.9 Å². The highest BCUT2D eigenvalue weighted by molar-refractivity contribution is 4.84. The molecule has 0 bridgehead atoms. The van der Waals surface area contributed by atoms with Crippen molar-refractivity contribution in [2.24, 2.45) is 11.8 Å². The molecule has 1 saturated carbocycles. The number of hydrogen-bond donors (Lipinski definition) is 2. The maximum atomic E-state index is 5.37. The summed E-state index contributed by atoms with van der Waals surface area (Å²) in [7, 11) is 0. The zero-order chi connectivity index (χ0) is 9.10. The average Bonchev–Trinajstić information content (AvgIpc) is 2.84. The fourth-order valence-electron chi connectivity index (χ4n) is 1.88. The van der Waals surface area contributed by atoms with E-state index < -0.39 is 0 Å². The van der Waals surface area contributed by atoms with Crippen LogP contribution in [0.1, 0.15) is 13.3 Å². The van der Waals surface area contributed by atoms with Crippen molar-refractivity contribution in [2.45, 2.75) is 19.4 Å². The summed E-state index contributed by atoms with van der Waals surface area (Å²) in [5, 5.41) is 6.94. The monoisotopic (exact) mass is 184 g/mol.